The molecule has 0 saturated heterocycles. The van der Waals surface area contributed by atoms with E-state index in [0.717, 1.165) is 27.3 Å². The number of hydrogen-bond donors (Lipinski definition) is 1. The van der Waals surface area contributed by atoms with Crippen molar-refractivity contribution < 1.29 is 0 Å². The van der Waals surface area contributed by atoms with Gasteiger partial charge in [-0.2, -0.15) is 5.10 Å². The van der Waals surface area contributed by atoms with E-state index in [9.17, 15) is 0 Å². The van der Waals surface area contributed by atoms with Crippen LogP contribution in [0.3, 0.4) is 0 Å². The molecule has 2 rings (SSSR count). The first-order valence-corrected chi connectivity index (χ1v) is 6.93. The Kier molecular flexibility index (Phi) is 3.90. The molecule has 0 spiro atoms. The van der Waals surface area contributed by atoms with Crippen LogP contribution in [-0.4, -0.2) is 26.4 Å². The van der Waals surface area contributed by atoms with Gasteiger partial charge in [0.25, 0.3) is 0 Å². The smallest absolute Gasteiger partial charge is 0.0886 e. The topological polar surface area (TPSA) is 55.6 Å². The number of halogens is 1. The predicted molar refractivity (Wildman–Crippen MR) is 71.1 cm³/mol. The lowest BCUT2D eigenvalue weighted by molar-refractivity contribution is 0.564. The van der Waals surface area contributed by atoms with Crippen LogP contribution >= 0.6 is 27.5 Å². The van der Waals surface area contributed by atoms with Gasteiger partial charge in [-0.25, -0.2) is 0 Å². The summed E-state index contributed by atoms with van der Waals surface area (Å²) in [5.41, 5.74) is 2.08. The Morgan fingerprint density at radius 3 is 2.88 bits per heavy atom. The van der Waals surface area contributed by atoms with Gasteiger partial charge >= 0.3 is 0 Å². The first kappa shape index (κ1) is 12.7. The lowest BCUT2D eigenvalue weighted by Gasteiger charge is -2.16. The Bertz CT molecular complexity index is 507. The second-order valence-corrected chi connectivity index (χ2v) is 5.28. The summed E-state index contributed by atoms with van der Waals surface area (Å²) in [5, 5.41) is 11.7. The molecule has 1 atom stereocenters. The lowest BCUT2D eigenvalue weighted by atomic mass is 10.1. The summed E-state index contributed by atoms with van der Waals surface area (Å²) >= 11 is 4.97. The van der Waals surface area contributed by atoms with Gasteiger partial charge in [-0.05, 0) is 48.4 Å². The molecule has 2 aromatic heterocycles. The minimum atomic E-state index is 0.0758. The van der Waals surface area contributed by atoms with Gasteiger partial charge in [0.2, 0.25) is 0 Å². The van der Waals surface area contributed by atoms with E-state index in [1.54, 1.807) is 0 Å². The third kappa shape index (κ3) is 2.27. The first-order chi connectivity index (χ1) is 8.19. The minimum Gasteiger partial charge on any atom is -0.307 e. The zero-order valence-electron chi connectivity index (χ0n) is 9.94. The van der Waals surface area contributed by atoms with Gasteiger partial charge in [-0.3, -0.25) is 4.68 Å². The maximum Gasteiger partial charge on any atom is 0.0886 e. The van der Waals surface area contributed by atoms with Crippen molar-refractivity contribution in [2.75, 3.05) is 7.05 Å². The zero-order chi connectivity index (χ0) is 12.4. The van der Waals surface area contributed by atoms with Crippen molar-refractivity contribution in [2.45, 2.75) is 26.4 Å². The number of hydrogen-bond acceptors (Lipinski definition) is 5. The minimum absolute atomic E-state index is 0.0758. The van der Waals surface area contributed by atoms with Crippen LogP contribution in [0.1, 0.15) is 29.2 Å². The fourth-order valence-electron chi connectivity index (χ4n) is 1.81. The van der Waals surface area contributed by atoms with Crippen LogP contribution in [0, 0.1) is 6.92 Å². The van der Waals surface area contributed by atoms with E-state index in [4.69, 9.17) is 0 Å². The average Bonchev–Trinajstić information content (AvgIpc) is 2.89. The largest absolute Gasteiger partial charge is 0.307 e. The van der Waals surface area contributed by atoms with E-state index in [-0.39, 0.29) is 6.04 Å². The highest BCUT2D eigenvalue weighted by Crippen LogP contribution is 2.31. The summed E-state index contributed by atoms with van der Waals surface area (Å²) in [7, 11) is 1.93. The van der Waals surface area contributed by atoms with E-state index >= 15 is 0 Å². The maximum atomic E-state index is 4.34. The maximum absolute atomic E-state index is 4.34. The summed E-state index contributed by atoms with van der Waals surface area (Å²) in [6.07, 6.45) is 1.83. The highest BCUT2D eigenvalue weighted by Gasteiger charge is 2.23. The molecule has 7 heteroatoms. The van der Waals surface area contributed by atoms with Gasteiger partial charge in [0.1, 0.15) is 0 Å². The SMILES string of the molecule is CCn1ncc(Br)c1C(NC)c1snnc1C. The van der Waals surface area contributed by atoms with Crippen LogP contribution in [0.2, 0.25) is 0 Å². The second kappa shape index (κ2) is 5.24. The van der Waals surface area contributed by atoms with Crippen molar-refractivity contribution in [3.8, 4) is 0 Å². The van der Waals surface area contributed by atoms with Gasteiger partial charge in [0.15, 0.2) is 0 Å². The highest BCUT2D eigenvalue weighted by molar-refractivity contribution is 9.10. The summed E-state index contributed by atoms with van der Waals surface area (Å²) in [5.74, 6) is 0. The molecule has 5 nitrogen and oxygen atoms in total. The standard InChI is InChI=1S/C10H14BrN5S/c1-4-16-9(7(11)5-13-16)8(12-3)10-6(2)14-15-17-10/h5,8,12H,4H2,1-3H3. The fourth-order valence-corrected chi connectivity index (χ4v) is 3.09. The molecule has 1 unspecified atom stereocenters. The predicted octanol–water partition coefficient (Wildman–Crippen LogP) is 2.13. The second-order valence-electron chi connectivity index (χ2n) is 3.64. The zero-order valence-corrected chi connectivity index (χ0v) is 12.3. The molecule has 2 heterocycles. The van der Waals surface area contributed by atoms with Crippen LogP contribution in [0.15, 0.2) is 10.7 Å². The Balaban J connectivity index is 2.49. The molecule has 0 aromatic carbocycles. The van der Waals surface area contributed by atoms with Gasteiger partial charge < -0.3 is 5.32 Å². The van der Waals surface area contributed by atoms with E-state index in [2.05, 4.69) is 42.9 Å². The molecule has 17 heavy (non-hydrogen) atoms. The van der Waals surface area contributed by atoms with Gasteiger partial charge in [0.05, 0.1) is 33.0 Å². The molecular formula is C10H14BrN5S. The molecule has 1 N–H and O–H groups in total. The van der Waals surface area contributed by atoms with Gasteiger partial charge in [-0.1, -0.05) is 4.49 Å². The van der Waals surface area contributed by atoms with Gasteiger partial charge in [-0.15, -0.1) is 5.10 Å². The first-order valence-electron chi connectivity index (χ1n) is 5.36. The summed E-state index contributed by atoms with van der Waals surface area (Å²) < 4.78 is 6.97. The van der Waals surface area contributed by atoms with Crippen molar-refractivity contribution in [3.05, 3.63) is 26.9 Å². The van der Waals surface area contributed by atoms with E-state index in [1.165, 1.54) is 11.5 Å². The Morgan fingerprint density at radius 1 is 1.59 bits per heavy atom. The molecule has 0 radical (unpaired) electrons. The number of aromatic nitrogens is 4. The normalized spacial score (nSPS) is 12.9. The average molecular weight is 316 g/mol. The number of aryl methyl sites for hydroxylation is 2. The molecule has 0 aliphatic rings. The monoisotopic (exact) mass is 315 g/mol. The van der Waals surface area contributed by atoms with Crippen LogP contribution in [0.4, 0.5) is 0 Å². The van der Waals surface area contributed by atoms with Crippen LogP contribution in [-0.2, 0) is 6.54 Å². The number of rotatable bonds is 4. The summed E-state index contributed by atoms with van der Waals surface area (Å²) in [6.45, 7) is 4.89. The van der Waals surface area contributed by atoms with Crippen LogP contribution in [0.5, 0.6) is 0 Å². The molecule has 0 bridgehead atoms. The summed E-state index contributed by atoms with van der Waals surface area (Å²) in [4.78, 5) is 1.13. The molecule has 2 aromatic rings. The molecule has 0 aliphatic carbocycles. The van der Waals surface area contributed by atoms with E-state index < -0.39 is 0 Å². The molecular weight excluding hydrogens is 302 g/mol. The third-order valence-electron chi connectivity index (χ3n) is 2.64. The summed E-state index contributed by atoms with van der Waals surface area (Å²) in [6, 6.07) is 0.0758. The van der Waals surface area contributed by atoms with Crippen LogP contribution < -0.4 is 5.32 Å². The third-order valence-corrected chi connectivity index (χ3v) is 4.15. The number of nitrogens with one attached hydrogen (secondary N) is 1. The van der Waals surface area contributed by atoms with Gasteiger partial charge in [0, 0.05) is 6.54 Å². The molecule has 0 aliphatic heterocycles. The molecule has 0 amide bonds. The van der Waals surface area contributed by atoms with Crippen LogP contribution in [0.25, 0.3) is 0 Å². The Labute approximate surface area is 113 Å². The van der Waals surface area contributed by atoms with E-state index in [1.807, 2.05) is 24.9 Å². The lowest BCUT2D eigenvalue weighted by Crippen LogP contribution is -2.21. The Hall–Kier alpha value is -0.790. The fraction of sp³-hybridized carbons (Fsp3) is 0.500. The molecule has 92 valence electrons. The van der Waals surface area contributed by atoms with Crippen molar-refractivity contribution in [1.82, 2.24) is 24.7 Å². The number of nitrogens with zero attached hydrogens (tertiary/aromatic N) is 4. The highest BCUT2D eigenvalue weighted by atomic mass is 79.9. The van der Waals surface area contributed by atoms with Crippen molar-refractivity contribution >= 4 is 27.5 Å². The van der Waals surface area contributed by atoms with Crippen molar-refractivity contribution in [2.24, 2.45) is 0 Å². The van der Waals surface area contributed by atoms with Crippen molar-refractivity contribution in [3.63, 3.8) is 0 Å². The quantitative estimate of drug-likeness (QED) is 0.939. The molecule has 0 saturated carbocycles. The van der Waals surface area contributed by atoms with Crippen molar-refractivity contribution in [1.29, 1.82) is 0 Å². The Morgan fingerprint density at radius 2 is 2.35 bits per heavy atom. The van der Waals surface area contributed by atoms with E-state index in [0.29, 0.717) is 0 Å². The molecule has 0 fully saturated rings.